The Morgan fingerprint density at radius 1 is 1.09 bits per heavy atom. The van der Waals surface area contributed by atoms with Gasteiger partial charge in [0.05, 0.1) is 12.3 Å². The van der Waals surface area contributed by atoms with Crippen LogP contribution in [0, 0.1) is 12.0 Å². The van der Waals surface area contributed by atoms with Crippen molar-refractivity contribution in [2.45, 2.75) is 38.7 Å². The minimum absolute atomic E-state index is 0.298. The summed E-state index contributed by atoms with van der Waals surface area (Å²) in [5, 5.41) is 4.03. The fraction of sp³-hybridized carbons (Fsp3) is 0.393. The Kier molecular flexibility index (Phi) is 6.39. The Morgan fingerprint density at radius 2 is 1.83 bits per heavy atom. The van der Waals surface area contributed by atoms with Gasteiger partial charge in [-0.1, -0.05) is 43.6 Å². The van der Waals surface area contributed by atoms with Gasteiger partial charge in [-0.15, -0.1) is 0 Å². The molecule has 3 heterocycles. The average molecular weight is 488 g/mol. The highest BCUT2D eigenvalue weighted by Gasteiger charge is 2.44. The number of halogens is 1. The Morgan fingerprint density at radius 3 is 2.54 bits per heavy atom. The molecule has 2 aromatic carbocycles. The van der Waals surface area contributed by atoms with Gasteiger partial charge in [0, 0.05) is 35.1 Å². The molecule has 6 nitrogen and oxygen atoms in total. The zero-order chi connectivity index (χ0) is 24.5. The highest BCUT2D eigenvalue weighted by atomic mass is 35.5. The largest absolute Gasteiger partial charge is 0.487 e. The fourth-order valence-corrected chi connectivity index (χ4v) is 5.32. The molecule has 0 unspecified atom stereocenters. The molecule has 2 aliphatic heterocycles. The topological polar surface area (TPSA) is 54.6 Å². The van der Waals surface area contributed by atoms with Crippen LogP contribution < -0.4 is 15.0 Å². The minimum Gasteiger partial charge on any atom is -0.487 e. The van der Waals surface area contributed by atoms with Crippen LogP contribution in [-0.4, -0.2) is 36.1 Å². The van der Waals surface area contributed by atoms with Crippen molar-refractivity contribution in [3.8, 4) is 5.75 Å². The molecule has 0 atom stereocenters. The van der Waals surface area contributed by atoms with E-state index in [4.69, 9.17) is 27.9 Å². The first-order valence-corrected chi connectivity index (χ1v) is 12.4. The fourth-order valence-electron chi connectivity index (χ4n) is 5.09. The van der Waals surface area contributed by atoms with Crippen molar-refractivity contribution in [2.24, 2.45) is 5.41 Å². The number of hydrogen-bond acceptors (Lipinski definition) is 5. The van der Waals surface area contributed by atoms with Gasteiger partial charge in [0.25, 0.3) is 0 Å². The molecule has 0 radical (unpaired) electrons. The normalized spacial score (nSPS) is 17.0. The lowest BCUT2D eigenvalue weighted by Crippen LogP contribution is -2.60. The van der Waals surface area contributed by atoms with Crippen molar-refractivity contribution in [1.29, 1.82) is 0 Å². The molecule has 3 aromatic rings. The lowest BCUT2D eigenvalue weighted by molar-refractivity contribution is 0.148. The second kappa shape index (κ2) is 9.49. The maximum atomic E-state index is 7.32. The predicted molar refractivity (Wildman–Crippen MR) is 139 cm³/mol. The van der Waals surface area contributed by atoms with Gasteiger partial charge in [-0.05, 0) is 67.4 Å². The van der Waals surface area contributed by atoms with E-state index in [1.165, 1.54) is 12.8 Å². The molecule has 5 rings (SSSR count). The van der Waals surface area contributed by atoms with E-state index in [1.807, 2.05) is 36.5 Å². The monoisotopic (exact) mass is 487 g/mol. The second-order valence-electron chi connectivity index (χ2n) is 10.2. The zero-order valence-corrected chi connectivity index (χ0v) is 21.0. The van der Waals surface area contributed by atoms with E-state index in [-0.39, 0.29) is 5.41 Å². The SMILES string of the molecule is [C-]#[N+]c1cc(Cl)cc(C(C)(C)c2ccc(OCc3ccnc(N4CC5(CCNCC5)C4)n3)cc2)c1. The van der Waals surface area contributed by atoms with Crippen LogP contribution in [0.25, 0.3) is 4.85 Å². The second-order valence-corrected chi connectivity index (χ2v) is 10.6. The van der Waals surface area contributed by atoms with Crippen LogP contribution in [0.1, 0.15) is 43.5 Å². The van der Waals surface area contributed by atoms with Gasteiger partial charge in [-0.25, -0.2) is 14.8 Å². The molecule has 0 saturated carbocycles. The van der Waals surface area contributed by atoms with Gasteiger partial charge in [-0.3, -0.25) is 0 Å². The van der Waals surface area contributed by atoms with Crippen LogP contribution in [0.2, 0.25) is 5.02 Å². The number of benzene rings is 2. The molecular weight excluding hydrogens is 458 g/mol. The van der Waals surface area contributed by atoms with E-state index in [2.05, 4.69) is 46.0 Å². The molecule has 180 valence electrons. The van der Waals surface area contributed by atoms with Crippen LogP contribution >= 0.6 is 11.6 Å². The number of nitrogens with zero attached hydrogens (tertiary/aromatic N) is 4. The first kappa shape index (κ1) is 23.6. The van der Waals surface area contributed by atoms with Crippen molar-refractivity contribution in [3.05, 3.63) is 88.0 Å². The molecule has 0 bridgehead atoms. The van der Waals surface area contributed by atoms with Gasteiger partial charge in [0.15, 0.2) is 5.69 Å². The number of rotatable bonds is 6. The van der Waals surface area contributed by atoms with E-state index < -0.39 is 0 Å². The molecule has 2 fully saturated rings. The molecule has 7 heteroatoms. The summed E-state index contributed by atoms with van der Waals surface area (Å²) >= 11 is 6.25. The summed E-state index contributed by atoms with van der Waals surface area (Å²) in [5.74, 6) is 1.59. The first-order valence-electron chi connectivity index (χ1n) is 12.1. The highest BCUT2D eigenvalue weighted by Crippen LogP contribution is 2.40. The van der Waals surface area contributed by atoms with E-state index in [0.29, 0.717) is 22.7 Å². The molecule has 1 aromatic heterocycles. The molecule has 1 N–H and O–H groups in total. The standard InChI is InChI=1S/C28H30ClN5O/c1-27(2,21-14-22(29)16-24(15-21)30-3)20-4-6-25(7-5-20)35-17-23-8-11-32-26(33-23)34-18-28(19-34)9-12-31-13-10-28/h4-8,11,14-16,31H,9-10,12-13,17-19H2,1-2H3. The lowest BCUT2D eigenvalue weighted by atomic mass is 9.72. The molecular formula is C28H30ClN5O. The predicted octanol–water partition coefficient (Wildman–Crippen LogP) is 5.78. The summed E-state index contributed by atoms with van der Waals surface area (Å²) in [7, 11) is 0. The molecule has 2 aliphatic rings. The van der Waals surface area contributed by atoms with Crippen molar-refractivity contribution in [3.63, 3.8) is 0 Å². The summed E-state index contributed by atoms with van der Waals surface area (Å²) < 4.78 is 6.04. The van der Waals surface area contributed by atoms with Crippen molar-refractivity contribution in [2.75, 3.05) is 31.1 Å². The average Bonchev–Trinajstić information content (AvgIpc) is 2.86. The summed E-state index contributed by atoms with van der Waals surface area (Å²) in [6.45, 7) is 16.3. The zero-order valence-electron chi connectivity index (χ0n) is 20.2. The third-order valence-electron chi connectivity index (χ3n) is 7.40. The third kappa shape index (κ3) is 4.98. The number of anilines is 1. The number of aromatic nitrogens is 2. The minimum atomic E-state index is -0.298. The molecule has 1 spiro atoms. The van der Waals surface area contributed by atoms with E-state index in [9.17, 15) is 0 Å². The van der Waals surface area contributed by atoms with Gasteiger partial charge in [0.1, 0.15) is 12.4 Å². The quantitative estimate of drug-likeness (QED) is 0.447. The molecule has 0 amide bonds. The number of piperidine rings is 1. The van der Waals surface area contributed by atoms with Gasteiger partial charge < -0.3 is 15.0 Å². The summed E-state index contributed by atoms with van der Waals surface area (Å²) in [5.41, 5.74) is 3.70. The van der Waals surface area contributed by atoms with E-state index in [0.717, 1.165) is 54.7 Å². The highest BCUT2D eigenvalue weighted by molar-refractivity contribution is 6.31. The van der Waals surface area contributed by atoms with Gasteiger partial charge in [0.2, 0.25) is 5.95 Å². The lowest BCUT2D eigenvalue weighted by Gasteiger charge is -2.52. The Labute approximate surface area is 212 Å². The Bertz CT molecular complexity index is 1240. The van der Waals surface area contributed by atoms with Gasteiger partial charge >= 0.3 is 0 Å². The van der Waals surface area contributed by atoms with Gasteiger partial charge in [-0.2, -0.15) is 0 Å². The van der Waals surface area contributed by atoms with Crippen LogP contribution in [-0.2, 0) is 12.0 Å². The van der Waals surface area contributed by atoms with Crippen LogP contribution in [0.5, 0.6) is 5.75 Å². The van der Waals surface area contributed by atoms with E-state index >= 15 is 0 Å². The summed E-state index contributed by atoms with van der Waals surface area (Å²) in [6.07, 6.45) is 4.29. The van der Waals surface area contributed by atoms with Crippen LogP contribution in [0.3, 0.4) is 0 Å². The van der Waals surface area contributed by atoms with E-state index in [1.54, 1.807) is 6.07 Å². The smallest absolute Gasteiger partial charge is 0.225 e. The van der Waals surface area contributed by atoms with Crippen LogP contribution in [0.15, 0.2) is 54.7 Å². The molecule has 0 aliphatic carbocycles. The van der Waals surface area contributed by atoms with Crippen molar-refractivity contribution in [1.82, 2.24) is 15.3 Å². The molecule has 2 saturated heterocycles. The number of nitrogens with one attached hydrogen (secondary N) is 1. The maximum absolute atomic E-state index is 7.32. The first-order chi connectivity index (χ1) is 16.9. The van der Waals surface area contributed by atoms with Crippen molar-refractivity contribution < 1.29 is 4.74 Å². The maximum Gasteiger partial charge on any atom is 0.225 e. The van der Waals surface area contributed by atoms with Crippen molar-refractivity contribution >= 4 is 23.2 Å². The third-order valence-corrected chi connectivity index (χ3v) is 7.61. The molecule has 35 heavy (non-hydrogen) atoms. The van der Waals surface area contributed by atoms with Crippen LogP contribution in [0.4, 0.5) is 11.6 Å². The Balaban J connectivity index is 1.22. The number of hydrogen-bond donors (Lipinski definition) is 1. The Hall–Kier alpha value is -3.14. The summed E-state index contributed by atoms with van der Waals surface area (Å²) in [4.78, 5) is 15.1. The number of ether oxygens (including phenoxy) is 1. The summed E-state index contributed by atoms with van der Waals surface area (Å²) in [6, 6.07) is 15.5.